The average molecular weight is 385 g/mol. The van der Waals surface area contributed by atoms with Gasteiger partial charge in [-0.1, -0.05) is 13.8 Å². The highest BCUT2D eigenvalue weighted by Crippen LogP contribution is 2.09. The Hall–Kier alpha value is 0.810. The second kappa shape index (κ2) is 11.4. The molecule has 8 N–H and O–H groups in total. The van der Waals surface area contributed by atoms with Crippen LogP contribution >= 0.6 is 37.9 Å². The summed E-state index contributed by atoms with van der Waals surface area (Å²) in [6.07, 6.45) is 0. The molecule has 0 saturated heterocycles. The van der Waals surface area contributed by atoms with E-state index in [0.29, 0.717) is 36.9 Å². The lowest BCUT2D eigenvalue weighted by atomic mass is 10.0. The van der Waals surface area contributed by atoms with Gasteiger partial charge in [0.1, 0.15) is 0 Å². The maximum Gasteiger partial charge on any atom is 0.0880 e. The van der Waals surface area contributed by atoms with Crippen LogP contribution in [0.3, 0.4) is 0 Å². The van der Waals surface area contributed by atoms with Crippen molar-refractivity contribution >= 4 is 37.9 Å². The molecule has 140 valence electrons. The summed E-state index contributed by atoms with van der Waals surface area (Å²) in [5, 5.41) is 13.4. The van der Waals surface area contributed by atoms with Gasteiger partial charge in [-0.3, -0.25) is 10.6 Å². The van der Waals surface area contributed by atoms with Crippen LogP contribution in [0.5, 0.6) is 0 Å². The molecule has 0 radical (unpaired) electrons. The summed E-state index contributed by atoms with van der Waals surface area (Å²) in [7, 11) is 0. The zero-order valence-electron chi connectivity index (χ0n) is 14.7. The highest BCUT2D eigenvalue weighted by Gasteiger charge is 2.31. The quantitative estimate of drug-likeness (QED) is 0.144. The highest BCUT2D eigenvalue weighted by atomic mass is 32.1. The first-order valence-corrected chi connectivity index (χ1v) is 9.98. The number of hydrogen-bond donors (Lipinski definition) is 9. The maximum atomic E-state index is 6.35. The third-order valence-corrected chi connectivity index (χ3v) is 5.62. The van der Waals surface area contributed by atoms with Crippen LogP contribution in [0.15, 0.2) is 0 Å². The van der Waals surface area contributed by atoms with Crippen molar-refractivity contribution in [3.05, 3.63) is 0 Å². The van der Waals surface area contributed by atoms with Crippen LogP contribution in [0, 0.1) is 0 Å². The van der Waals surface area contributed by atoms with E-state index in [4.69, 9.17) is 11.5 Å². The predicted octanol–water partition coefficient (Wildman–Crippen LogP) is -0.757. The van der Waals surface area contributed by atoms with Gasteiger partial charge in [0.15, 0.2) is 0 Å². The van der Waals surface area contributed by atoms with Gasteiger partial charge in [0.05, 0.1) is 11.3 Å². The van der Waals surface area contributed by atoms with Gasteiger partial charge in [0, 0.05) is 42.4 Å². The standard InChI is InChI=1S/C14H36N6S3/c1-4-17-7-13(15,10-22)20-6-12(3,9-21)19-8-14(16,11-23)18-5-2/h17-23H,4-11,15-16H2,1-3H3/t12-,13-,14-/m1/s1. The lowest BCUT2D eigenvalue weighted by molar-refractivity contribution is 0.263. The second-order valence-corrected chi connectivity index (χ2v) is 7.31. The minimum atomic E-state index is -0.559. The molecular weight excluding hydrogens is 348 g/mol. The van der Waals surface area contributed by atoms with Crippen molar-refractivity contribution in [1.29, 1.82) is 0 Å². The Kier molecular flexibility index (Phi) is 11.8. The molecule has 0 aliphatic heterocycles. The fourth-order valence-electron chi connectivity index (χ4n) is 1.97. The smallest absolute Gasteiger partial charge is 0.0880 e. The van der Waals surface area contributed by atoms with E-state index in [1.165, 1.54) is 0 Å². The normalized spacial score (nSPS) is 19.8. The van der Waals surface area contributed by atoms with Gasteiger partial charge in [0.25, 0.3) is 0 Å². The van der Waals surface area contributed by atoms with E-state index in [9.17, 15) is 0 Å². The van der Waals surface area contributed by atoms with Gasteiger partial charge < -0.3 is 22.1 Å². The number of nitrogens with two attached hydrogens (primary N) is 2. The van der Waals surface area contributed by atoms with Gasteiger partial charge in [-0.25, -0.2) is 0 Å². The van der Waals surface area contributed by atoms with Crippen LogP contribution in [0.25, 0.3) is 0 Å². The van der Waals surface area contributed by atoms with Crippen molar-refractivity contribution in [3.8, 4) is 0 Å². The van der Waals surface area contributed by atoms with Crippen molar-refractivity contribution in [1.82, 2.24) is 21.3 Å². The van der Waals surface area contributed by atoms with Gasteiger partial charge in [-0.15, -0.1) is 0 Å². The fraction of sp³-hybridized carbons (Fsp3) is 1.00. The average Bonchev–Trinajstić information content (AvgIpc) is 2.56. The topological polar surface area (TPSA) is 100 Å². The monoisotopic (exact) mass is 384 g/mol. The van der Waals surface area contributed by atoms with E-state index in [2.05, 4.69) is 73.0 Å². The first kappa shape index (κ1) is 23.8. The Morgan fingerprint density at radius 2 is 1.30 bits per heavy atom. The van der Waals surface area contributed by atoms with Crippen molar-refractivity contribution in [2.75, 3.05) is 50.0 Å². The summed E-state index contributed by atoms with van der Waals surface area (Å²) in [4.78, 5) is 0. The predicted molar refractivity (Wildman–Crippen MR) is 112 cm³/mol. The fourth-order valence-corrected chi connectivity index (χ4v) is 2.64. The Morgan fingerprint density at radius 3 is 1.74 bits per heavy atom. The van der Waals surface area contributed by atoms with Crippen LogP contribution in [-0.2, 0) is 0 Å². The Balaban J connectivity index is 4.64. The summed E-state index contributed by atoms with van der Waals surface area (Å²) >= 11 is 13.2. The second-order valence-electron chi connectivity index (χ2n) is 6.37. The Morgan fingerprint density at radius 1 is 0.739 bits per heavy atom. The molecule has 0 amide bonds. The largest absolute Gasteiger partial charge is 0.314 e. The molecule has 6 nitrogen and oxygen atoms in total. The van der Waals surface area contributed by atoms with Crippen molar-refractivity contribution in [3.63, 3.8) is 0 Å². The van der Waals surface area contributed by atoms with Crippen LogP contribution in [0.2, 0.25) is 0 Å². The van der Waals surface area contributed by atoms with E-state index >= 15 is 0 Å². The van der Waals surface area contributed by atoms with Gasteiger partial charge in [0.2, 0.25) is 0 Å². The van der Waals surface area contributed by atoms with Crippen LogP contribution in [0.4, 0.5) is 0 Å². The lowest BCUT2D eigenvalue weighted by Crippen LogP contribution is -2.69. The molecule has 0 unspecified atom stereocenters. The zero-order valence-corrected chi connectivity index (χ0v) is 17.3. The molecule has 0 aliphatic rings. The molecule has 3 atom stereocenters. The minimum absolute atomic E-state index is 0.244. The van der Waals surface area contributed by atoms with E-state index in [0.717, 1.165) is 13.1 Å². The lowest BCUT2D eigenvalue weighted by Gasteiger charge is -2.39. The van der Waals surface area contributed by atoms with Gasteiger partial charge in [-0.2, -0.15) is 37.9 Å². The minimum Gasteiger partial charge on any atom is -0.314 e. The Bertz CT molecular complexity index is 325. The first-order chi connectivity index (χ1) is 10.7. The molecular formula is C14H36N6S3. The first-order valence-electron chi connectivity index (χ1n) is 8.08. The summed E-state index contributed by atoms with van der Waals surface area (Å²) < 4.78 is 0. The van der Waals surface area contributed by atoms with E-state index in [1.54, 1.807) is 0 Å². The van der Waals surface area contributed by atoms with Crippen molar-refractivity contribution < 1.29 is 0 Å². The molecule has 0 aromatic heterocycles. The molecule has 0 aromatic carbocycles. The van der Waals surface area contributed by atoms with Crippen LogP contribution in [-0.4, -0.2) is 66.8 Å². The third kappa shape index (κ3) is 9.18. The van der Waals surface area contributed by atoms with Crippen LogP contribution < -0.4 is 32.7 Å². The van der Waals surface area contributed by atoms with Gasteiger partial charge in [-0.05, 0) is 20.0 Å². The zero-order chi connectivity index (χ0) is 18.0. The molecule has 0 rings (SSSR count). The molecule has 0 heterocycles. The molecule has 0 saturated carbocycles. The third-order valence-electron chi connectivity index (χ3n) is 3.79. The number of likely N-dealkylation sites (N-methyl/N-ethyl adjacent to an activating group) is 2. The summed E-state index contributed by atoms with van der Waals surface area (Å²) in [5.74, 6) is 1.73. The van der Waals surface area contributed by atoms with Gasteiger partial charge >= 0.3 is 0 Å². The van der Waals surface area contributed by atoms with E-state index in [-0.39, 0.29) is 5.54 Å². The van der Waals surface area contributed by atoms with Crippen molar-refractivity contribution in [2.45, 2.75) is 37.6 Å². The molecule has 0 spiro atoms. The summed E-state index contributed by atoms with van der Waals surface area (Å²) in [5.41, 5.74) is 11.3. The summed E-state index contributed by atoms with van der Waals surface area (Å²) in [6.45, 7) is 9.76. The number of hydrogen-bond acceptors (Lipinski definition) is 9. The number of thiol groups is 3. The molecule has 9 heteroatoms. The molecule has 0 bridgehead atoms. The molecule has 0 aliphatic carbocycles. The number of rotatable bonds is 14. The summed E-state index contributed by atoms with van der Waals surface area (Å²) in [6, 6.07) is 0. The SMILES string of the molecule is CCNC[C@](N)(CS)NC[C@](C)(CS)NC[C@](N)(CS)NCC. The van der Waals surface area contributed by atoms with Crippen LogP contribution in [0.1, 0.15) is 20.8 Å². The maximum absolute atomic E-state index is 6.35. The van der Waals surface area contributed by atoms with Crippen molar-refractivity contribution in [2.24, 2.45) is 11.5 Å². The highest BCUT2D eigenvalue weighted by molar-refractivity contribution is 7.80. The van der Waals surface area contributed by atoms with E-state index in [1.807, 2.05) is 6.92 Å². The Labute approximate surface area is 158 Å². The molecule has 0 aromatic rings. The number of nitrogens with one attached hydrogen (secondary N) is 4. The van der Waals surface area contributed by atoms with E-state index < -0.39 is 11.3 Å². The molecule has 0 fully saturated rings. The molecule has 23 heavy (non-hydrogen) atoms.